The van der Waals surface area contributed by atoms with Crippen molar-refractivity contribution in [3.8, 4) is 0 Å². The molecular formula is C9H16NNaO4. The van der Waals surface area contributed by atoms with E-state index < -0.39 is 18.0 Å². The van der Waals surface area contributed by atoms with Gasteiger partial charge < -0.3 is 20.3 Å². The molecular weight excluding hydrogens is 209 g/mol. The fourth-order valence-corrected chi connectivity index (χ4v) is 1.02. The van der Waals surface area contributed by atoms with E-state index in [1.165, 1.54) is 0 Å². The first kappa shape index (κ1) is 17.3. The Kier molecular flexibility index (Phi) is 12.0. The van der Waals surface area contributed by atoms with Crippen molar-refractivity contribution >= 4 is 11.9 Å². The van der Waals surface area contributed by atoms with Gasteiger partial charge in [0.15, 0.2) is 0 Å². The van der Waals surface area contributed by atoms with Crippen molar-refractivity contribution in [2.24, 2.45) is 0 Å². The topological polar surface area (TPSA) is 89.5 Å². The van der Waals surface area contributed by atoms with Crippen molar-refractivity contribution < 1.29 is 49.4 Å². The molecule has 0 amide bonds. The summed E-state index contributed by atoms with van der Waals surface area (Å²) in [6.45, 7) is 2.57. The second-order valence-electron chi connectivity index (χ2n) is 3.11. The number of carboxylic acid groups (broad SMARTS) is 2. The van der Waals surface area contributed by atoms with Gasteiger partial charge in [0.2, 0.25) is 0 Å². The molecule has 0 radical (unpaired) electrons. The summed E-state index contributed by atoms with van der Waals surface area (Å²) in [5.74, 6) is -2.23. The molecule has 6 heteroatoms. The van der Waals surface area contributed by atoms with Crippen molar-refractivity contribution in [1.82, 2.24) is 5.32 Å². The smallest absolute Gasteiger partial charge is 0.548 e. The summed E-state index contributed by atoms with van der Waals surface area (Å²) >= 11 is 0. The number of carbonyl (C=O) groups is 2. The third kappa shape index (κ3) is 10.2. The van der Waals surface area contributed by atoms with Gasteiger partial charge in [0.05, 0.1) is 5.97 Å². The predicted octanol–water partition coefficient (Wildman–Crippen LogP) is -3.64. The molecule has 0 fully saturated rings. The number of nitrogens with one attached hydrogen (secondary N) is 1. The van der Waals surface area contributed by atoms with Crippen LogP contribution >= 0.6 is 0 Å². The monoisotopic (exact) mass is 225 g/mol. The number of rotatable bonds is 8. The second-order valence-corrected chi connectivity index (χ2v) is 3.11. The average Bonchev–Trinajstić information content (AvgIpc) is 2.10. The molecule has 5 nitrogen and oxygen atoms in total. The van der Waals surface area contributed by atoms with Crippen LogP contribution in [-0.4, -0.2) is 29.6 Å². The van der Waals surface area contributed by atoms with Gasteiger partial charge in [-0.15, -0.1) is 0 Å². The minimum Gasteiger partial charge on any atom is -0.548 e. The number of aliphatic carboxylic acids is 2. The van der Waals surface area contributed by atoms with Crippen molar-refractivity contribution in [2.75, 3.05) is 6.54 Å². The van der Waals surface area contributed by atoms with Crippen molar-refractivity contribution in [1.29, 1.82) is 0 Å². The van der Waals surface area contributed by atoms with E-state index in [0.717, 1.165) is 12.8 Å². The minimum atomic E-state index is -1.23. The Bertz CT molecular complexity index is 199. The van der Waals surface area contributed by atoms with Gasteiger partial charge in [-0.25, -0.2) is 0 Å². The van der Waals surface area contributed by atoms with Gasteiger partial charge in [-0.3, -0.25) is 4.79 Å². The van der Waals surface area contributed by atoms with Crippen LogP contribution in [-0.2, 0) is 9.59 Å². The molecule has 0 aromatic carbocycles. The third-order valence-electron chi connectivity index (χ3n) is 1.85. The summed E-state index contributed by atoms with van der Waals surface area (Å²) in [6.07, 6.45) is 1.75. The molecule has 0 aromatic heterocycles. The largest absolute Gasteiger partial charge is 1.00 e. The van der Waals surface area contributed by atoms with Gasteiger partial charge in [0.25, 0.3) is 0 Å². The van der Waals surface area contributed by atoms with E-state index in [4.69, 9.17) is 5.11 Å². The van der Waals surface area contributed by atoms with Gasteiger partial charge in [-0.1, -0.05) is 13.3 Å². The zero-order valence-corrected chi connectivity index (χ0v) is 11.3. The fourth-order valence-electron chi connectivity index (χ4n) is 1.02. The van der Waals surface area contributed by atoms with Gasteiger partial charge in [0.1, 0.15) is 0 Å². The Morgan fingerprint density at radius 3 is 2.47 bits per heavy atom. The summed E-state index contributed by atoms with van der Waals surface area (Å²) in [5, 5.41) is 21.7. The summed E-state index contributed by atoms with van der Waals surface area (Å²) in [6, 6.07) is -0.849. The van der Waals surface area contributed by atoms with E-state index in [2.05, 4.69) is 5.32 Å². The van der Waals surface area contributed by atoms with E-state index in [-0.39, 0.29) is 42.4 Å². The van der Waals surface area contributed by atoms with Crippen LogP contribution < -0.4 is 40.0 Å². The van der Waals surface area contributed by atoms with Crippen molar-refractivity contribution in [3.05, 3.63) is 0 Å². The van der Waals surface area contributed by atoms with Crippen LogP contribution in [0.15, 0.2) is 0 Å². The molecule has 0 aliphatic rings. The Morgan fingerprint density at radius 2 is 2.07 bits per heavy atom. The molecule has 0 aliphatic heterocycles. The van der Waals surface area contributed by atoms with E-state index >= 15 is 0 Å². The molecule has 2 N–H and O–H groups in total. The van der Waals surface area contributed by atoms with Crippen LogP contribution in [0.4, 0.5) is 0 Å². The van der Waals surface area contributed by atoms with Crippen LogP contribution in [0.3, 0.4) is 0 Å². The van der Waals surface area contributed by atoms with Crippen LogP contribution in [0.5, 0.6) is 0 Å². The van der Waals surface area contributed by atoms with Gasteiger partial charge in [0, 0.05) is 12.5 Å². The SMILES string of the molecule is CCCCN[C@@H](CCC(=O)O)C(=O)[O-].[Na+]. The number of carbonyl (C=O) groups excluding carboxylic acids is 1. The predicted molar refractivity (Wildman–Crippen MR) is 48.6 cm³/mol. The van der Waals surface area contributed by atoms with Gasteiger partial charge >= 0.3 is 35.5 Å². The molecule has 0 heterocycles. The normalized spacial score (nSPS) is 11.5. The van der Waals surface area contributed by atoms with E-state index in [1.807, 2.05) is 6.92 Å². The Balaban J connectivity index is 0. The quantitative estimate of drug-likeness (QED) is 0.328. The number of hydrogen-bond donors (Lipinski definition) is 2. The molecule has 0 rings (SSSR count). The first-order valence-corrected chi connectivity index (χ1v) is 4.74. The van der Waals surface area contributed by atoms with Gasteiger partial charge in [-0.05, 0) is 19.4 Å². The van der Waals surface area contributed by atoms with Crippen LogP contribution in [0, 0.1) is 0 Å². The molecule has 1 atom stereocenters. The van der Waals surface area contributed by atoms with Gasteiger partial charge in [-0.2, -0.15) is 0 Å². The number of unbranched alkanes of at least 4 members (excludes halogenated alkanes) is 1. The first-order valence-electron chi connectivity index (χ1n) is 4.74. The molecule has 0 unspecified atom stereocenters. The molecule has 0 saturated heterocycles. The molecule has 0 aliphatic carbocycles. The maximum Gasteiger partial charge on any atom is 1.00 e. The zero-order valence-electron chi connectivity index (χ0n) is 9.28. The van der Waals surface area contributed by atoms with E-state index in [9.17, 15) is 14.7 Å². The summed E-state index contributed by atoms with van der Waals surface area (Å²) in [4.78, 5) is 20.8. The zero-order chi connectivity index (χ0) is 11.0. The maximum atomic E-state index is 10.5. The number of hydrogen-bond acceptors (Lipinski definition) is 4. The molecule has 0 spiro atoms. The Morgan fingerprint density at radius 1 is 1.47 bits per heavy atom. The summed E-state index contributed by atoms with van der Waals surface area (Å²) in [5.41, 5.74) is 0. The van der Waals surface area contributed by atoms with Crippen molar-refractivity contribution in [2.45, 2.75) is 38.6 Å². The maximum absolute atomic E-state index is 10.5. The summed E-state index contributed by atoms with van der Waals surface area (Å²) in [7, 11) is 0. The molecule has 0 bridgehead atoms. The fraction of sp³-hybridized carbons (Fsp3) is 0.778. The average molecular weight is 225 g/mol. The standard InChI is InChI=1S/C9H17NO4.Na/c1-2-3-6-10-7(9(13)14)4-5-8(11)12;/h7,10H,2-6H2,1H3,(H,11,12)(H,13,14);/q;+1/p-1/t7-;/m0./s1. The minimum absolute atomic E-state index is 0. The van der Waals surface area contributed by atoms with E-state index in [0.29, 0.717) is 6.54 Å². The van der Waals surface area contributed by atoms with E-state index in [1.54, 1.807) is 0 Å². The van der Waals surface area contributed by atoms with Crippen molar-refractivity contribution in [3.63, 3.8) is 0 Å². The third-order valence-corrected chi connectivity index (χ3v) is 1.85. The molecule has 0 aromatic rings. The first-order chi connectivity index (χ1) is 6.57. The van der Waals surface area contributed by atoms with Crippen LogP contribution in [0.25, 0.3) is 0 Å². The molecule has 15 heavy (non-hydrogen) atoms. The molecule has 82 valence electrons. The Labute approximate surface area is 112 Å². The molecule has 0 saturated carbocycles. The second kappa shape index (κ2) is 10.4. The number of carboxylic acids is 2. The Hall–Kier alpha value is -0.100. The summed E-state index contributed by atoms with van der Waals surface area (Å²) < 4.78 is 0. The van der Waals surface area contributed by atoms with Crippen LogP contribution in [0.2, 0.25) is 0 Å². The van der Waals surface area contributed by atoms with Crippen LogP contribution in [0.1, 0.15) is 32.6 Å².